The number of allylic oxidation sites excluding steroid dienone is 7. The molecule has 0 spiro atoms. The number of unbranched alkanes of at least 4 members (excludes halogenated alkanes) is 1. The van der Waals surface area contributed by atoms with Crippen LogP contribution < -0.4 is 0 Å². The summed E-state index contributed by atoms with van der Waals surface area (Å²) in [4.78, 5) is 0. The standard InChI is InChI=1S/C16H24.C4H10.C3H8/c1-13(2)5-6-14(3)7-10-16-11-8-15(4)9-12-16;1-3-4-2;1-3-2/h5-6,8,11,13H,3,7,9-10,12H2,1-2,4H3;3-4H2,1-2H3;3H2,1-2H3/b6-5-;;. The summed E-state index contributed by atoms with van der Waals surface area (Å²) in [6.07, 6.45) is 17.6. The Morgan fingerprint density at radius 3 is 2.04 bits per heavy atom. The molecule has 1 aliphatic carbocycles. The van der Waals surface area contributed by atoms with Gasteiger partial charge in [0.25, 0.3) is 0 Å². The van der Waals surface area contributed by atoms with E-state index in [4.69, 9.17) is 0 Å². The number of rotatable bonds is 6. The van der Waals surface area contributed by atoms with Gasteiger partial charge in [-0.15, -0.1) is 0 Å². The second-order valence-electron chi connectivity index (χ2n) is 6.81. The van der Waals surface area contributed by atoms with E-state index in [2.05, 4.69) is 79.3 Å². The lowest BCUT2D eigenvalue weighted by molar-refractivity contribution is 0.811. The molecule has 23 heavy (non-hydrogen) atoms. The first-order chi connectivity index (χ1) is 10.9. The number of hydrogen-bond acceptors (Lipinski definition) is 0. The monoisotopic (exact) mass is 318 g/mol. The summed E-state index contributed by atoms with van der Waals surface area (Å²) in [5.74, 6) is 0.622. The van der Waals surface area contributed by atoms with E-state index in [0.29, 0.717) is 5.92 Å². The fraction of sp³-hybridized carbons (Fsp3) is 0.652. The van der Waals surface area contributed by atoms with Crippen molar-refractivity contribution in [1.29, 1.82) is 0 Å². The maximum atomic E-state index is 4.10. The molecule has 0 aliphatic heterocycles. The van der Waals surface area contributed by atoms with E-state index in [0.717, 1.165) is 6.42 Å². The van der Waals surface area contributed by atoms with Crippen LogP contribution in [0.1, 0.15) is 93.4 Å². The minimum absolute atomic E-state index is 0.622. The number of hydrogen-bond donors (Lipinski definition) is 0. The van der Waals surface area contributed by atoms with Crippen LogP contribution >= 0.6 is 0 Å². The van der Waals surface area contributed by atoms with Crippen molar-refractivity contribution in [2.75, 3.05) is 0 Å². The molecule has 0 N–H and O–H groups in total. The molecule has 1 rings (SSSR count). The summed E-state index contributed by atoms with van der Waals surface area (Å²) in [5, 5.41) is 0. The van der Waals surface area contributed by atoms with E-state index >= 15 is 0 Å². The lowest BCUT2D eigenvalue weighted by Gasteiger charge is -2.11. The molecule has 0 heteroatoms. The molecule has 0 radical (unpaired) electrons. The molecule has 0 saturated carbocycles. The molecular formula is C23H42. The largest absolute Gasteiger partial charge is 0.0958 e. The first-order valence-electron chi connectivity index (χ1n) is 9.62. The first kappa shape index (κ1) is 24.2. The van der Waals surface area contributed by atoms with Gasteiger partial charge >= 0.3 is 0 Å². The second kappa shape index (κ2) is 17.3. The highest BCUT2D eigenvalue weighted by molar-refractivity contribution is 5.24. The third kappa shape index (κ3) is 18.9. The Morgan fingerprint density at radius 1 is 1.09 bits per heavy atom. The van der Waals surface area contributed by atoms with Crippen LogP contribution in [0.3, 0.4) is 0 Å². The summed E-state index contributed by atoms with van der Waals surface area (Å²) in [6.45, 7) is 19.3. The van der Waals surface area contributed by atoms with Crippen LogP contribution in [0.4, 0.5) is 0 Å². The fourth-order valence-corrected chi connectivity index (χ4v) is 1.73. The highest BCUT2D eigenvalue weighted by Gasteiger charge is 2.03. The predicted octanol–water partition coefficient (Wildman–Crippen LogP) is 8.42. The Hall–Kier alpha value is -1.04. The lowest BCUT2D eigenvalue weighted by Crippen LogP contribution is -1.92. The minimum atomic E-state index is 0.622. The highest BCUT2D eigenvalue weighted by Crippen LogP contribution is 2.23. The quantitative estimate of drug-likeness (QED) is 0.431. The van der Waals surface area contributed by atoms with Crippen molar-refractivity contribution >= 4 is 0 Å². The van der Waals surface area contributed by atoms with E-state index in [1.165, 1.54) is 49.7 Å². The Balaban J connectivity index is 0. The Kier molecular flexibility index (Phi) is 18.2. The molecule has 0 atom stereocenters. The molecule has 1 aliphatic rings. The van der Waals surface area contributed by atoms with Crippen molar-refractivity contribution in [2.45, 2.75) is 93.4 Å². The van der Waals surface area contributed by atoms with Crippen LogP contribution in [-0.2, 0) is 0 Å². The summed E-state index contributed by atoms with van der Waals surface area (Å²) < 4.78 is 0. The van der Waals surface area contributed by atoms with E-state index in [-0.39, 0.29) is 0 Å². The van der Waals surface area contributed by atoms with Gasteiger partial charge in [0.1, 0.15) is 0 Å². The second-order valence-corrected chi connectivity index (χ2v) is 6.81. The molecular weight excluding hydrogens is 276 g/mol. The first-order valence-corrected chi connectivity index (χ1v) is 9.62. The van der Waals surface area contributed by atoms with Gasteiger partial charge in [-0.3, -0.25) is 0 Å². The average Bonchev–Trinajstić information content (AvgIpc) is 2.53. The summed E-state index contributed by atoms with van der Waals surface area (Å²) in [6, 6.07) is 0. The molecule has 0 unspecified atom stereocenters. The van der Waals surface area contributed by atoms with Crippen molar-refractivity contribution in [3.8, 4) is 0 Å². The van der Waals surface area contributed by atoms with E-state index in [1.807, 2.05) is 0 Å². The maximum Gasteiger partial charge on any atom is -0.0247 e. The zero-order valence-electron chi connectivity index (χ0n) is 17.0. The van der Waals surface area contributed by atoms with Gasteiger partial charge in [-0.05, 0) is 38.5 Å². The van der Waals surface area contributed by atoms with Gasteiger partial charge in [0.2, 0.25) is 0 Å². The smallest absolute Gasteiger partial charge is 0.0247 e. The summed E-state index contributed by atoms with van der Waals surface area (Å²) in [5.41, 5.74) is 4.33. The molecule has 0 aromatic heterocycles. The topological polar surface area (TPSA) is 0 Å². The van der Waals surface area contributed by atoms with Crippen molar-refractivity contribution in [3.63, 3.8) is 0 Å². The van der Waals surface area contributed by atoms with Gasteiger partial charge < -0.3 is 0 Å². The van der Waals surface area contributed by atoms with Crippen molar-refractivity contribution in [2.24, 2.45) is 5.92 Å². The van der Waals surface area contributed by atoms with Crippen LogP contribution in [0.5, 0.6) is 0 Å². The normalized spacial score (nSPS) is 13.6. The Morgan fingerprint density at radius 2 is 1.65 bits per heavy atom. The van der Waals surface area contributed by atoms with Crippen LogP contribution in [0.15, 0.2) is 47.6 Å². The molecule has 0 aromatic rings. The zero-order chi connectivity index (χ0) is 18.1. The average molecular weight is 319 g/mol. The molecule has 0 bridgehead atoms. The molecule has 0 saturated heterocycles. The lowest BCUT2D eigenvalue weighted by atomic mass is 9.94. The van der Waals surface area contributed by atoms with Gasteiger partial charge in [0, 0.05) is 0 Å². The van der Waals surface area contributed by atoms with Gasteiger partial charge in [0.05, 0.1) is 0 Å². The molecule has 0 heterocycles. The van der Waals surface area contributed by atoms with Crippen LogP contribution in [-0.4, -0.2) is 0 Å². The SMILES string of the molecule is C=C(/C=C\C(C)C)CCC1=CC=C(C)CC1.CCC.CCCC. The van der Waals surface area contributed by atoms with Gasteiger partial charge in [-0.2, -0.15) is 0 Å². The van der Waals surface area contributed by atoms with Gasteiger partial charge in [0.15, 0.2) is 0 Å². The predicted molar refractivity (Wildman–Crippen MR) is 110 cm³/mol. The van der Waals surface area contributed by atoms with Crippen LogP contribution in [0.2, 0.25) is 0 Å². The molecule has 0 aromatic carbocycles. The minimum Gasteiger partial charge on any atom is -0.0958 e. The molecule has 134 valence electrons. The Bertz CT molecular complexity index is 361. The molecule has 0 fully saturated rings. The van der Waals surface area contributed by atoms with Crippen LogP contribution in [0.25, 0.3) is 0 Å². The molecule has 0 nitrogen and oxygen atoms in total. The van der Waals surface area contributed by atoms with Crippen molar-refractivity contribution in [1.82, 2.24) is 0 Å². The van der Waals surface area contributed by atoms with Crippen molar-refractivity contribution < 1.29 is 0 Å². The van der Waals surface area contributed by atoms with E-state index in [1.54, 1.807) is 5.57 Å². The molecule has 0 amide bonds. The highest BCUT2D eigenvalue weighted by atomic mass is 14.1. The van der Waals surface area contributed by atoms with Gasteiger partial charge in [-0.1, -0.05) is 108 Å². The third-order valence-electron chi connectivity index (χ3n) is 3.43. The van der Waals surface area contributed by atoms with E-state index < -0.39 is 0 Å². The zero-order valence-corrected chi connectivity index (χ0v) is 17.0. The van der Waals surface area contributed by atoms with E-state index in [9.17, 15) is 0 Å². The Labute approximate surface area is 147 Å². The fourth-order valence-electron chi connectivity index (χ4n) is 1.73. The third-order valence-corrected chi connectivity index (χ3v) is 3.43. The summed E-state index contributed by atoms with van der Waals surface area (Å²) >= 11 is 0. The van der Waals surface area contributed by atoms with Crippen LogP contribution in [0, 0.1) is 5.92 Å². The van der Waals surface area contributed by atoms with Crippen molar-refractivity contribution in [3.05, 3.63) is 47.6 Å². The summed E-state index contributed by atoms with van der Waals surface area (Å²) in [7, 11) is 0. The maximum absolute atomic E-state index is 4.10. The van der Waals surface area contributed by atoms with Gasteiger partial charge in [-0.25, -0.2) is 0 Å².